The van der Waals surface area contributed by atoms with Crippen molar-refractivity contribution in [3.8, 4) is 6.07 Å². The Balaban J connectivity index is 1.87. The van der Waals surface area contributed by atoms with Gasteiger partial charge in [-0.15, -0.1) is 0 Å². The highest BCUT2D eigenvalue weighted by Gasteiger charge is 2.18. The molecule has 1 fully saturated rings. The first-order valence-electron chi connectivity index (χ1n) is 5.55. The molecule has 1 aromatic heterocycles. The molecule has 16 heavy (non-hydrogen) atoms. The van der Waals surface area contributed by atoms with E-state index in [4.69, 9.17) is 5.26 Å². The molecule has 84 valence electrons. The van der Waals surface area contributed by atoms with Crippen molar-refractivity contribution in [2.45, 2.75) is 19.0 Å². The summed E-state index contributed by atoms with van der Waals surface area (Å²) in [4.78, 5) is 6.28. The Morgan fingerprint density at radius 3 is 3.25 bits per heavy atom. The molecule has 1 aliphatic heterocycles. The molecule has 2 heterocycles. The molecule has 1 aliphatic rings. The van der Waals surface area contributed by atoms with Crippen LogP contribution in [-0.4, -0.2) is 36.1 Å². The fraction of sp³-hybridized carbons (Fsp3) is 0.500. The Labute approximate surface area is 95.9 Å². The summed E-state index contributed by atoms with van der Waals surface area (Å²) in [6.45, 7) is 3.09. The largest absolute Gasteiger partial charge is 0.309 e. The zero-order valence-electron chi connectivity index (χ0n) is 9.48. The summed E-state index contributed by atoms with van der Waals surface area (Å²) in [5.41, 5.74) is 1.61. The molecule has 0 aromatic carbocycles. The molecule has 0 amide bonds. The molecule has 0 saturated carbocycles. The minimum atomic E-state index is 0.489. The third-order valence-electron chi connectivity index (χ3n) is 2.93. The quantitative estimate of drug-likeness (QED) is 0.810. The average Bonchev–Trinajstić information content (AvgIpc) is 2.73. The van der Waals surface area contributed by atoms with Crippen molar-refractivity contribution in [3.63, 3.8) is 0 Å². The van der Waals surface area contributed by atoms with Crippen molar-refractivity contribution >= 4 is 0 Å². The maximum Gasteiger partial charge on any atom is 0.140 e. The predicted molar refractivity (Wildman–Crippen MR) is 61.7 cm³/mol. The number of pyridine rings is 1. The second-order valence-electron chi connectivity index (χ2n) is 4.29. The van der Waals surface area contributed by atoms with E-state index in [2.05, 4.69) is 28.3 Å². The highest BCUT2D eigenvalue weighted by atomic mass is 15.2. The highest BCUT2D eigenvalue weighted by molar-refractivity contribution is 5.25. The highest BCUT2D eigenvalue weighted by Crippen LogP contribution is 2.08. The lowest BCUT2D eigenvalue weighted by Crippen LogP contribution is -2.30. The monoisotopic (exact) mass is 216 g/mol. The summed E-state index contributed by atoms with van der Waals surface area (Å²) in [5, 5.41) is 12.2. The van der Waals surface area contributed by atoms with Crippen LogP contribution >= 0.6 is 0 Å². The standard InChI is InChI=1S/C12H16N4/c1-16-5-3-11(9-16)15-8-10-2-4-14-12(6-10)7-13/h2,4,6,11,15H,3,5,8-9H2,1H3. The van der Waals surface area contributed by atoms with Crippen LogP contribution in [0.25, 0.3) is 0 Å². The third-order valence-corrected chi connectivity index (χ3v) is 2.93. The zero-order valence-corrected chi connectivity index (χ0v) is 9.48. The zero-order chi connectivity index (χ0) is 11.4. The van der Waals surface area contributed by atoms with Gasteiger partial charge < -0.3 is 10.2 Å². The van der Waals surface area contributed by atoms with Gasteiger partial charge in [-0.2, -0.15) is 5.26 Å². The van der Waals surface area contributed by atoms with Crippen LogP contribution in [0.5, 0.6) is 0 Å². The van der Waals surface area contributed by atoms with Gasteiger partial charge in [0.15, 0.2) is 0 Å². The molecule has 0 aliphatic carbocycles. The van der Waals surface area contributed by atoms with Crippen LogP contribution in [0.1, 0.15) is 17.7 Å². The van der Waals surface area contributed by atoms with E-state index in [1.165, 1.54) is 6.42 Å². The van der Waals surface area contributed by atoms with E-state index in [-0.39, 0.29) is 0 Å². The Morgan fingerprint density at radius 2 is 2.56 bits per heavy atom. The van der Waals surface area contributed by atoms with Crippen molar-refractivity contribution < 1.29 is 0 Å². The number of hydrogen-bond donors (Lipinski definition) is 1. The molecule has 1 atom stereocenters. The van der Waals surface area contributed by atoms with Crippen LogP contribution in [0, 0.1) is 11.3 Å². The first-order chi connectivity index (χ1) is 7.78. The lowest BCUT2D eigenvalue weighted by atomic mass is 10.2. The van der Waals surface area contributed by atoms with Gasteiger partial charge in [0.05, 0.1) is 0 Å². The lowest BCUT2D eigenvalue weighted by Gasteiger charge is -2.12. The minimum Gasteiger partial charge on any atom is -0.309 e. The van der Waals surface area contributed by atoms with E-state index in [9.17, 15) is 0 Å². The molecule has 1 unspecified atom stereocenters. The van der Waals surface area contributed by atoms with E-state index in [0.717, 1.165) is 25.2 Å². The number of rotatable bonds is 3. The van der Waals surface area contributed by atoms with Crippen LogP contribution in [0.2, 0.25) is 0 Å². The van der Waals surface area contributed by atoms with Gasteiger partial charge in [0.25, 0.3) is 0 Å². The van der Waals surface area contributed by atoms with E-state index in [0.29, 0.717) is 11.7 Å². The van der Waals surface area contributed by atoms with Crippen LogP contribution in [-0.2, 0) is 6.54 Å². The molecule has 0 spiro atoms. The van der Waals surface area contributed by atoms with Crippen LogP contribution < -0.4 is 5.32 Å². The van der Waals surface area contributed by atoms with E-state index in [1.54, 1.807) is 6.20 Å². The number of hydrogen-bond acceptors (Lipinski definition) is 4. The van der Waals surface area contributed by atoms with Gasteiger partial charge in [-0.05, 0) is 37.7 Å². The summed E-state index contributed by atoms with van der Waals surface area (Å²) in [7, 11) is 2.14. The number of likely N-dealkylation sites (tertiary alicyclic amines) is 1. The van der Waals surface area contributed by atoms with Gasteiger partial charge in [-0.25, -0.2) is 4.98 Å². The van der Waals surface area contributed by atoms with E-state index in [1.807, 2.05) is 12.1 Å². The fourth-order valence-electron chi connectivity index (χ4n) is 2.01. The van der Waals surface area contributed by atoms with Gasteiger partial charge in [0.1, 0.15) is 11.8 Å². The normalized spacial score (nSPS) is 20.9. The Bertz CT molecular complexity index is 396. The first kappa shape index (κ1) is 11.1. The van der Waals surface area contributed by atoms with Crippen LogP contribution in [0.15, 0.2) is 18.3 Å². The molecule has 0 bridgehead atoms. The number of aromatic nitrogens is 1. The maximum absolute atomic E-state index is 8.74. The van der Waals surface area contributed by atoms with Crippen molar-refractivity contribution in [1.82, 2.24) is 15.2 Å². The topological polar surface area (TPSA) is 52.0 Å². The molecule has 1 N–H and O–H groups in total. The number of nitrogens with one attached hydrogen (secondary N) is 1. The van der Waals surface area contributed by atoms with Gasteiger partial charge >= 0.3 is 0 Å². The third kappa shape index (κ3) is 2.78. The predicted octanol–water partition coefficient (Wildman–Crippen LogP) is 0.747. The number of nitrogens with zero attached hydrogens (tertiary/aromatic N) is 3. The molecule has 4 heteroatoms. The van der Waals surface area contributed by atoms with Gasteiger partial charge in [-0.1, -0.05) is 0 Å². The summed E-state index contributed by atoms with van der Waals surface area (Å²) < 4.78 is 0. The van der Waals surface area contributed by atoms with Crippen molar-refractivity contribution in [2.24, 2.45) is 0 Å². The van der Waals surface area contributed by atoms with Crippen molar-refractivity contribution in [3.05, 3.63) is 29.6 Å². The smallest absolute Gasteiger partial charge is 0.140 e. The molecular weight excluding hydrogens is 200 g/mol. The maximum atomic E-state index is 8.74. The summed E-state index contributed by atoms with van der Waals surface area (Å²) in [6, 6.07) is 6.42. The van der Waals surface area contributed by atoms with Crippen LogP contribution in [0.3, 0.4) is 0 Å². The Hall–Kier alpha value is -1.44. The SMILES string of the molecule is CN1CCC(NCc2ccnc(C#N)c2)C1. The average molecular weight is 216 g/mol. The molecule has 4 nitrogen and oxygen atoms in total. The molecule has 1 saturated heterocycles. The Kier molecular flexibility index (Phi) is 3.50. The van der Waals surface area contributed by atoms with Crippen molar-refractivity contribution in [1.29, 1.82) is 5.26 Å². The summed E-state index contributed by atoms with van der Waals surface area (Å²) in [5.74, 6) is 0. The van der Waals surface area contributed by atoms with Gasteiger partial charge in [-0.3, -0.25) is 0 Å². The molecular formula is C12H16N4. The molecule has 2 rings (SSSR count). The van der Waals surface area contributed by atoms with E-state index >= 15 is 0 Å². The second kappa shape index (κ2) is 5.06. The van der Waals surface area contributed by atoms with Gasteiger partial charge in [0, 0.05) is 25.3 Å². The number of likely N-dealkylation sites (N-methyl/N-ethyl adjacent to an activating group) is 1. The summed E-state index contributed by atoms with van der Waals surface area (Å²) in [6.07, 6.45) is 2.89. The first-order valence-corrected chi connectivity index (χ1v) is 5.55. The number of nitriles is 1. The van der Waals surface area contributed by atoms with Crippen LogP contribution in [0.4, 0.5) is 0 Å². The fourth-order valence-corrected chi connectivity index (χ4v) is 2.01. The minimum absolute atomic E-state index is 0.489. The van der Waals surface area contributed by atoms with Gasteiger partial charge in [0.2, 0.25) is 0 Å². The Morgan fingerprint density at radius 1 is 1.69 bits per heavy atom. The molecule has 0 radical (unpaired) electrons. The van der Waals surface area contributed by atoms with Crippen molar-refractivity contribution in [2.75, 3.05) is 20.1 Å². The molecule has 1 aromatic rings. The van der Waals surface area contributed by atoms with E-state index < -0.39 is 0 Å². The lowest BCUT2D eigenvalue weighted by molar-refractivity contribution is 0.397. The second-order valence-corrected chi connectivity index (χ2v) is 4.29. The summed E-state index contributed by atoms with van der Waals surface area (Å²) >= 11 is 0.